The van der Waals surface area contributed by atoms with Crippen molar-refractivity contribution in [2.75, 3.05) is 25.5 Å². The van der Waals surface area contributed by atoms with Crippen LogP contribution in [0.25, 0.3) is 0 Å². The van der Waals surface area contributed by atoms with E-state index in [1.807, 2.05) is 13.0 Å². The van der Waals surface area contributed by atoms with Crippen LogP contribution in [0.15, 0.2) is 72.8 Å². The van der Waals surface area contributed by atoms with Gasteiger partial charge in [-0.15, -0.1) is 0 Å². The predicted octanol–water partition coefficient (Wildman–Crippen LogP) is 3.42. The van der Waals surface area contributed by atoms with Gasteiger partial charge in [-0.3, -0.25) is 14.4 Å². The van der Waals surface area contributed by atoms with Crippen molar-refractivity contribution in [1.82, 2.24) is 10.6 Å². The van der Waals surface area contributed by atoms with Gasteiger partial charge in [0.2, 0.25) is 0 Å². The Bertz CT molecular complexity index is 1100. The van der Waals surface area contributed by atoms with E-state index in [1.165, 1.54) is 0 Å². The van der Waals surface area contributed by atoms with Crippen LogP contribution < -0.4 is 20.7 Å². The molecule has 3 aromatic carbocycles. The summed E-state index contributed by atoms with van der Waals surface area (Å²) in [7, 11) is 1.56. The minimum atomic E-state index is -0.293. The Kier molecular flexibility index (Phi) is 7.59. The molecule has 0 radical (unpaired) electrons. The highest BCUT2D eigenvalue weighted by molar-refractivity contribution is 6.05. The number of methoxy groups -OCH3 is 1. The fraction of sp³-hybridized carbons (Fsp3) is 0.160. The van der Waals surface area contributed by atoms with Crippen molar-refractivity contribution < 1.29 is 19.1 Å². The van der Waals surface area contributed by atoms with Crippen molar-refractivity contribution in [1.29, 1.82) is 0 Å². The Morgan fingerprint density at radius 3 is 1.91 bits per heavy atom. The third-order valence-corrected chi connectivity index (χ3v) is 4.83. The molecule has 3 amide bonds. The smallest absolute Gasteiger partial charge is 0.255 e. The number of nitrogens with one attached hydrogen (secondary N) is 3. The largest absolute Gasteiger partial charge is 0.497 e. The van der Waals surface area contributed by atoms with Gasteiger partial charge >= 0.3 is 0 Å². The Morgan fingerprint density at radius 1 is 0.719 bits per heavy atom. The molecule has 3 aromatic rings. The predicted molar refractivity (Wildman–Crippen MR) is 123 cm³/mol. The average Bonchev–Trinajstić information content (AvgIpc) is 2.83. The first kappa shape index (κ1) is 22.6. The lowest BCUT2D eigenvalue weighted by Gasteiger charge is -2.11. The van der Waals surface area contributed by atoms with Crippen molar-refractivity contribution in [3.05, 3.63) is 95.1 Å². The second-order valence-electron chi connectivity index (χ2n) is 7.09. The van der Waals surface area contributed by atoms with Crippen molar-refractivity contribution >= 4 is 23.4 Å². The molecule has 32 heavy (non-hydrogen) atoms. The van der Waals surface area contributed by atoms with E-state index in [4.69, 9.17) is 4.74 Å². The molecule has 0 bridgehead atoms. The molecule has 0 aliphatic rings. The van der Waals surface area contributed by atoms with Crippen LogP contribution in [0.3, 0.4) is 0 Å². The molecule has 0 aliphatic heterocycles. The van der Waals surface area contributed by atoms with Crippen molar-refractivity contribution in [2.45, 2.75) is 6.92 Å². The highest BCUT2D eigenvalue weighted by Crippen LogP contribution is 2.18. The summed E-state index contributed by atoms with van der Waals surface area (Å²) < 4.78 is 5.07. The van der Waals surface area contributed by atoms with E-state index in [9.17, 15) is 14.4 Å². The van der Waals surface area contributed by atoms with Gasteiger partial charge in [-0.2, -0.15) is 0 Å². The number of aryl methyl sites for hydroxylation is 1. The maximum Gasteiger partial charge on any atom is 0.255 e. The normalized spacial score (nSPS) is 10.2. The Hall–Kier alpha value is -4.13. The summed E-state index contributed by atoms with van der Waals surface area (Å²) >= 11 is 0. The molecule has 7 nitrogen and oxygen atoms in total. The third-order valence-electron chi connectivity index (χ3n) is 4.83. The van der Waals surface area contributed by atoms with Crippen LogP contribution in [-0.4, -0.2) is 37.9 Å². The fourth-order valence-electron chi connectivity index (χ4n) is 2.98. The van der Waals surface area contributed by atoms with Crippen molar-refractivity contribution in [3.63, 3.8) is 0 Å². The lowest BCUT2D eigenvalue weighted by Crippen LogP contribution is -2.34. The molecule has 0 saturated heterocycles. The lowest BCUT2D eigenvalue weighted by molar-refractivity contribution is 0.0927. The van der Waals surface area contributed by atoms with Gasteiger partial charge < -0.3 is 20.7 Å². The molecule has 0 aliphatic carbocycles. The molecule has 3 N–H and O–H groups in total. The Morgan fingerprint density at radius 2 is 1.28 bits per heavy atom. The molecule has 7 heteroatoms. The number of ether oxygens (including phenoxy) is 1. The fourth-order valence-corrected chi connectivity index (χ4v) is 2.98. The van der Waals surface area contributed by atoms with E-state index in [0.717, 1.165) is 5.56 Å². The number of hydrogen-bond donors (Lipinski definition) is 3. The number of anilines is 1. The van der Waals surface area contributed by atoms with Crippen molar-refractivity contribution in [3.8, 4) is 5.75 Å². The highest BCUT2D eigenvalue weighted by atomic mass is 16.5. The first-order chi connectivity index (χ1) is 15.5. The number of benzene rings is 3. The summed E-state index contributed by atoms with van der Waals surface area (Å²) in [4.78, 5) is 37.1. The SMILES string of the molecule is COc1ccc(C(=O)NCCNC(=O)c2ccc(C)c(NC(=O)c3ccccc3)c2)cc1. The van der Waals surface area contributed by atoms with Crippen LogP contribution in [0.5, 0.6) is 5.75 Å². The monoisotopic (exact) mass is 431 g/mol. The van der Waals surface area contributed by atoms with Gasteiger partial charge in [0.15, 0.2) is 0 Å². The highest BCUT2D eigenvalue weighted by Gasteiger charge is 2.12. The summed E-state index contributed by atoms with van der Waals surface area (Å²) in [6.45, 7) is 2.40. The molecular weight excluding hydrogens is 406 g/mol. The maximum absolute atomic E-state index is 12.5. The van der Waals surface area contributed by atoms with Gasteiger partial charge in [0.25, 0.3) is 17.7 Å². The topological polar surface area (TPSA) is 96.5 Å². The molecule has 0 heterocycles. The van der Waals surface area contributed by atoms with Gasteiger partial charge in [-0.1, -0.05) is 24.3 Å². The molecule has 0 atom stereocenters. The summed E-state index contributed by atoms with van der Waals surface area (Å²) in [5.41, 5.74) is 2.88. The van der Waals surface area contributed by atoms with E-state index in [0.29, 0.717) is 28.1 Å². The van der Waals surface area contributed by atoms with Crippen LogP contribution in [-0.2, 0) is 0 Å². The minimum Gasteiger partial charge on any atom is -0.497 e. The standard InChI is InChI=1S/C25H25N3O4/c1-17-8-9-20(16-22(17)28-25(31)18-6-4-3-5-7-18)24(30)27-15-14-26-23(29)19-10-12-21(32-2)13-11-19/h3-13,16H,14-15H2,1-2H3,(H,26,29)(H,27,30)(H,28,31). The minimum absolute atomic E-state index is 0.233. The van der Waals surface area contributed by atoms with Gasteiger partial charge in [0.1, 0.15) is 5.75 Å². The number of hydrogen-bond acceptors (Lipinski definition) is 4. The molecule has 164 valence electrons. The van der Waals surface area contributed by atoms with Gasteiger partial charge in [0.05, 0.1) is 7.11 Å². The summed E-state index contributed by atoms with van der Waals surface area (Å²) in [5.74, 6) is -0.0965. The number of carbonyl (C=O) groups excluding carboxylic acids is 3. The molecule has 0 unspecified atom stereocenters. The zero-order chi connectivity index (χ0) is 22.9. The van der Waals surface area contributed by atoms with Crippen LogP contribution in [0.1, 0.15) is 36.6 Å². The molecule has 0 fully saturated rings. The summed E-state index contributed by atoms with van der Waals surface area (Å²) in [5, 5.41) is 8.37. The molecule has 0 spiro atoms. The molecular formula is C25H25N3O4. The summed E-state index contributed by atoms with van der Waals surface area (Å²) in [6, 6.07) is 20.7. The van der Waals surface area contributed by atoms with E-state index >= 15 is 0 Å². The zero-order valence-corrected chi connectivity index (χ0v) is 18.0. The van der Waals surface area contributed by atoms with E-state index in [1.54, 1.807) is 73.8 Å². The van der Waals surface area contributed by atoms with E-state index < -0.39 is 0 Å². The van der Waals surface area contributed by atoms with Gasteiger partial charge in [-0.05, 0) is 61.0 Å². The third kappa shape index (κ3) is 5.95. The second-order valence-corrected chi connectivity index (χ2v) is 7.09. The molecule has 0 saturated carbocycles. The summed E-state index contributed by atoms with van der Waals surface area (Å²) in [6.07, 6.45) is 0. The van der Waals surface area contributed by atoms with Crippen LogP contribution in [0, 0.1) is 6.92 Å². The van der Waals surface area contributed by atoms with Gasteiger partial charge in [-0.25, -0.2) is 0 Å². The number of carbonyl (C=O) groups is 3. The second kappa shape index (κ2) is 10.8. The average molecular weight is 431 g/mol. The van der Waals surface area contributed by atoms with Gasteiger partial charge in [0, 0.05) is 35.5 Å². The van der Waals surface area contributed by atoms with Crippen LogP contribution >= 0.6 is 0 Å². The Labute approximate surface area is 186 Å². The quantitative estimate of drug-likeness (QED) is 0.476. The first-order valence-electron chi connectivity index (χ1n) is 10.2. The molecule has 3 rings (SSSR count). The van der Waals surface area contributed by atoms with Crippen LogP contribution in [0.2, 0.25) is 0 Å². The maximum atomic E-state index is 12.5. The zero-order valence-electron chi connectivity index (χ0n) is 18.0. The molecule has 0 aromatic heterocycles. The Balaban J connectivity index is 1.52. The van der Waals surface area contributed by atoms with E-state index in [-0.39, 0.29) is 30.8 Å². The number of rotatable bonds is 8. The van der Waals surface area contributed by atoms with Crippen molar-refractivity contribution in [2.24, 2.45) is 0 Å². The van der Waals surface area contributed by atoms with E-state index in [2.05, 4.69) is 16.0 Å². The number of amides is 3. The lowest BCUT2D eigenvalue weighted by atomic mass is 10.1. The van der Waals surface area contributed by atoms with Crippen LogP contribution in [0.4, 0.5) is 5.69 Å². The first-order valence-corrected chi connectivity index (χ1v) is 10.2.